The first kappa shape index (κ1) is 13.4. The Bertz CT molecular complexity index is 695. The van der Waals surface area contributed by atoms with Crippen LogP contribution in [0.5, 0.6) is 0 Å². The first-order valence-corrected chi connectivity index (χ1v) is 7.95. The third-order valence-electron chi connectivity index (χ3n) is 3.98. The minimum Gasteiger partial charge on any atom is -0.352 e. The molecule has 0 aromatic carbocycles. The van der Waals surface area contributed by atoms with Crippen LogP contribution >= 0.6 is 11.3 Å². The number of rotatable bonds is 2. The molecular weight excluding hydrogens is 272 g/mol. The Morgan fingerprint density at radius 2 is 2.10 bits per heavy atom. The number of amides is 1. The van der Waals surface area contributed by atoms with Crippen LogP contribution in [-0.2, 0) is 0 Å². The topological polar surface area (TPSA) is 62.0 Å². The summed E-state index contributed by atoms with van der Waals surface area (Å²) in [6.07, 6.45) is 7.13. The summed E-state index contributed by atoms with van der Waals surface area (Å²) in [7, 11) is 0. The number of hydrogen-bond acceptors (Lipinski definition) is 3. The van der Waals surface area contributed by atoms with Crippen molar-refractivity contribution in [1.82, 2.24) is 10.3 Å². The second-order valence-corrected chi connectivity index (χ2v) is 6.34. The molecule has 20 heavy (non-hydrogen) atoms. The molecule has 0 atom stereocenters. The Kier molecular flexibility index (Phi) is 3.61. The van der Waals surface area contributed by atoms with Crippen LogP contribution in [0.15, 0.2) is 16.4 Å². The predicted molar refractivity (Wildman–Crippen MR) is 81.5 cm³/mol. The SMILES string of the molecule is Cc1csc2[nH]cc(C(=O)NC3CCCCC3)c(=O)c12. The highest BCUT2D eigenvalue weighted by Gasteiger charge is 2.20. The maximum absolute atomic E-state index is 12.4. The molecule has 1 saturated carbocycles. The highest BCUT2D eigenvalue weighted by Crippen LogP contribution is 2.21. The molecule has 0 spiro atoms. The average molecular weight is 290 g/mol. The fourth-order valence-corrected chi connectivity index (χ4v) is 3.76. The molecule has 0 aliphatic heterocycles. The number of aromatic nitrogens is 1. The number of carbonyl (C=O) groups is 1. The van der Waals surface area contributed by atoms with Gasteiger partial charge in [0.1, 0.15) is 10.4 Å². The van der Waals surface area contributed by atoms with Crippen molar-refractivity contribution in [2.45, 2.75) is 45.1 Å². The Hall–Kier alpha value is -1.62. The van der Waals surface area contributed by atoms with Gasteiger partial charge in [-0.3, -0.25) is 9.59 Å². The molecule has 1 amide bonds. The monoisotopic (exact) mass is 290 g/mol. The first-order chi connectivity index (χ1) is 9.66. The van der Waals surface area contributed by atoms with Gasteiger partial charge >= 0.3 is 0 Å². The molecule has 0 saturated heterocycles. The van der Waals surface area contributed by atoms with Crippen LogP contribution in [0.1, 0.15) is 48.0 Å². The van der Waals surface area contributed by atoms with Crippen LogP contribution in [0.2, 0.25) is 0 Å². The lowest BCUT2D eigenvalue weighted by Crippen LogP contribution is -2.38. The van der Waals surface area contributed by atoms with Gasteiger partial charge in [-0.2, -0.15) is 0 Å². The number of thiophene rings is 1. The van der Waals surface area contributed by atoms with Gasteiger partial charge in [0.05, 0.1) is 5.39 Å². The Morgan fingerprint density at radius 3 is 2.85 bits per heavy atom. The smallest absolute Gasteiger partial charge is 0.256 e. The average Bonchev–Trinajstić information content (AvgIpc) is 2.82. The molecule has 2 aromatic heterocycles. The van der Waals surface area contributed by atoms with Crippen molar-refractivity contribution in [2.24, 2.45) is 0 Å². The van der Waals surface area contributed by atoms with Crippen molar-refractivity contribution < 1.29 is 4.79 Å². The number of H-pyrrole nitrogens is 1. The van der Waals surface area contributed by atoms with Crippen LogP contribution < -0.4 is 10.7 Å². The quantitative estimate of drug-likeness (QED) is 0.893. The number of aromatic amines is 1. The molecule has 5 heteroatoms. The van der Waals surface area contributed by atoms with Gasteiger partial charge in [0.15, 0.2) is 0 Å². The minimum absolute atomic E-state index is 0.161. The zero-order valence-corrected chi connectivity index (χ0v) is 12.3. The number of aryl methyl sites for hydroxylation is 1. The van der Waals surface area contributed by atoms with E-state index in [0.29, 0.717) is 5.39 Å². The normalized spacial score (nSPS) is 16.4. The van der Waals surface area contributed by atoms with Crippen LogP contribution in [0, 0.1) is 6.92 Å². The number of pyridine rings is 1. The second-order valence-electron chi connectivity index (χ2n) is 5.46. The minimum atomic E-state index is -0.245. The molecule has 106 valence electrons. The third-order valence-corrected chi connectivity index (χ3v) is 5.01. The van der Waals surface area contributed by atoms with E-state index < -0.39 is 0 Å². The maximum Gasteiger partial charge on any atom is 0.256 e. The van der Waals surface area contributed by atoms with Crippen LogP contribution in [-0.4, -0.2) is 16.9 Å². The van der Waals surface area contributed by atoms with E-state index in [9.17, 15) is 9.59 Å². The van der Waals surface area contributed by atoms with E-state index in [-0.39, 0.29) is 22.9 Å². The van der Waals surface area contributed by atoms with E-state index in [1.807, 2.05) is 12.3 Å². The zero-order valence-electron chi connectivity index (χ0n) is 11.5. The molecule has 2 heterocycles. The molecule has 1 aliphatic rings. The lowest BCUT2D eigenvalue weighted by atomic mass is 9.95. The Balaban J connectivity index is 1.89. The molecular formula is C15H18N2O2S. The summed E-state index contributed by atoms with van der Waals surface area (Å²) in [5.41, 5.74) is 0.994. The van der Waals surface area contributed by atoms with E-state index in [0.717, 1.165) is 36.1 Å². The van der Waals surface area contributed by atoms with Crippen molar-refractivity contribution in [3.8, 4) is 0 Å². The van der Waals surface area contributed by atoms with Gasteiger partial charge in [0.2, 0.25) is 5.43 Å². The molecule has 4 nitrogen and oxygen atoms in total. The second kappa shape index (κ2) is 5.40. The van der Waals surface area contributed by atoms with E-state index in [4.69, 9.17) is 0 Å². The van der Waals surface area contributed by atoms with Gasteiger partial charge in [-0.1, -0.05) is 19.3 Å². The Morgan fingerprint density at radius 1 is 1.35 bits per heavy atom. The summed E-state index contributed by atoms with van der Waals surface area (Å²) in [6.45, 7) is 1.90. The van der Waals surface area contributed by atoms with Gasteiger partial charge < -0.3 is 10.3 Å². The van der Waals surface area contributed by atoms with Crippen molar-refractivity contribution >= 4 is 27.5 Å². The lowest BCUT2D eigenvalue weighted by Gasteiger charge is -2.22. The fraction of sp³-hybridized carbons (Fsp3) is 0.467. The van der Waals surface area contributed by atoms with Gasteiger partial charge in [-0.25, -0.2) is 0 Å². The standard InChI is InChI=1S/C15H18N2O2S/c1-9-8-20-15-12(9)13(18)11(7-16-15)14(19)17-10-5-3-2-4-6-10/h7-8,10H,2-6H2,1H3,(H,16,18)(H,17,19). The maximum atomic E-state index is 12.4. The van der Waals surface area contributed by atoms with Gasteiger partial charge in [0.25, 0.3) is 5.91 Å². The molecule has 2 N–H and O–H groups in total. The predicted octanol–water partition coefficient (Wildman–Crippen LogP) is 2.96. The summed E-state index contributed by atoms with van der Waals surface area (Å²) in [4.78, 5) is 28.6. The highest BCUT2D eigenvalue weighted by molar-refractivity contribution is 7.16. The number of hydrogen-bond donors (Lipinski definition) is 2. The summed E-state index contributed by atoms with van der Waals surface area (Å²) in [6, 6.07) is 0.218. The van der Waals surface area contributed by atoms with Crippen LogP contribution in [0.3, 0.4) is 0 Å². The fourth-order valence-electron chi connectivity index (χ4n) is 2.85. The van der Waals surface area contributed by atoms with E-state index in [1.54, 1.807) is 6.20 Å². The molecule has 0 unspecified atom stereocenters. The summed E-state index contributed by atoms with van der Waals surface area (Å²) < 4.78 is 0. The van der Waals surface area contributed by atoms with Gasteiger partial charge in [0, 0.05) is 12.2 Å². The molecule has 1 fully saturated rings. The Labute approximate surface area is 121 Å². The van der Waals surface area contributed by atoms with Crippen molar-refractivity contribution in [1.29, 1.82) is 0 Å². The highest BCUT2D eigenvalue weighted by atomic mass is 32.1. The van der Waals surface area contributed by atoms with Crippen LogP contribution in [0.25, 0.3) is 10.2 Å². The van der Waals surface area contributed by atoms with Gasteiger partial charge in [-0.15, -0.1) is 11.3 Å². The molecule has 1 aliphatic carbocycles. The van der Waals surface area contributed by atoms with E-state index >= 15 is 0 Å². The summed E-state index contributed by atoms with van der Waals surface area (Å²) in [5.74, 6) is -0.245. The number of carbonyl (C=O) groups excluding carboxylic acids is 1. The van der Waals surface area contributed by atoms with E-state index in [1.165, 1.54) is 17.8 Å². The van der Waals surface area contributed by atoms with Crippen LogP contribution in [0.4, 0.5) is 0 Å². The molecule has 0 radical (unpaired) electrons. The van der Waals surface area contributed by atoms with Crippen molar-refractivity contribution in [3.05, 3.63) is 32.9 Å². The summed E-state index contributed by atoms with van der Waals surface area (Å²) >= 11 is 1.50. The zero-order chi connectivity index (χ0) is 14.1. The molecule has 2 aromatic rings. The summed E-state index contributed by atoms with van der Waals surface area (Å²) in [5, 5.41) is 5.58. The molecule has 3 rings (SSSR count). The lowest BCUT2D eigenvalue weighted by molar-refractivity contribution is 0.0926. The van der Waals surface area contributed by atoms with Crippen molar-refractivity contribution in [2.75, 3.05) is 0 Å². The largest absolute Gasteiger partial charge is 0.352 e. The van der Waals surface area contributed by atoms with E-state index in [2.05, 4.69) is 10.3 Å². The third kappa shape index (κ3) is 2.38. The molecule has 0 bridgehead atoms. The van der Waals surface area contributed by atoms with Gasteiger partial charge in [-0.05, 0) is 30.7 Å². The number of fused-ring (bicyclic) bond motifs is 1. The van der Waals surface area contributed by atoms with Crippen molar-refractivity contribution in [3.63, 3.8) is 0 Å². The first-order valence-electron chi connectivity index (χ1n) is 7.07. The number of nitrogens with one attached hydrogen (secondary N) is 2.